The maximum atomic E-state index is 11.7. The molecule has 102 valence electrons. The number of rotatable bonds is 8. The molecule has 5 nitrogen and oxygen atoms in total. The van der Waals surface area contributed by atoms with Crippen LogP contribution in [0.4, 0.5) is 0 Å². The quantitative estimate of drug-likeness (QED) is 0.698. The van der Waals surface area contributed by atoms with E-state index in [-0.39, 0.29) is 18.6 Å². The molecule has 0 aromatic carbocycles. The fourth-order valence-corrected chi connectivity index (χ4v) is 3.16. The van der Waals surface area contributed by atoms with E-state index in [1.165, 1.54) is 0 Å². The molecule has 0 aliphatic rings. The molecule has 0 aliphatic heterocycles. The summed E-state index contributed by atoms with van der Waals surface area (Å²) in [6.07, 6.45) is 0.841. The van der Waals surface area contributed by atoms with Crippen LogP contribution in [0.1, 0.15) is 47.0 Å². The minimum absolute atomic E-state index is 0.0420. The van der Waals surface area contributed by atoms with E-state index < -0.39 is 21.5 Å². The van der Waals surface area contributed by atoms with E-state index in [2.05, 4.69) is 4.72 Å². The average molecular weight is 265 g/mol. The van der Waals surface area contributed by atoms with Gasteiger partial charge in [-0.15, -0.1) is 0 Å². The molecule has 6 heteroatoms. The number of aliphatic carboxylic acids is 1. The van der Waals surface area contributed by atoms with E-state index in [9.17, 15) is 13.2 Å². The van der Waals surface area contributed by atoms with Gasteiger partial charge in [-0.2, -0.15) is 0 Å². The lowest BCUT2D eigenvalue weighted by Crippen LogP contribution is -2.44. The molecule has 17 heavy (non-hydrogen) atoms. The summed E-state index contributed by atoms with van der Waals surface area (Å²) >= 11 is 0. The van der Waals surface area contributed by atoms with E-state index in [0.29, 0.717) is 12.3 Å². The first-order chi connectivity index (χ1) is 7.54. The monoisotopic (exact) mass is 265 g/mol. The Bertz CT molecular complexity index is 346. The summed E-state index contributed by atoms with van der Waals surface area (Å²) in [5.74, 6) is -0.505. The minimum atomic E-state index is -3.33. The van der Waals surface area contributed by atoms with Gasteiger partial charge in [-0.25, -0.2) is 13.1 Å². The van der Waals surface area contributed by atoms with Crippen LogP contribution >= 0.6 is 0 Å². The number of sulfonamides is 1. The van der Waals surface area contributed by atoms with E-state index in [4.69, 9.17) is 5.11 Å². The van der Waals surface area contributed by atoms with Crippen LogP contribution in [0.5, 0.6) is 0 Å². The highest BCUT2D eigenvalue weighted by atomic mass is 32.2. The Labute approximate surface area is 104 Å². The minimum Gasteiger partial charge on any atom is -0.481 e. The number of carboxylic acids is 1. The van der Waals surface area contributed by atoms with Gasteiger partial charge in [0, 0.05) is 12.0 Å². The second-order valence-electron chi connectivity index (χ2n) is 5.38. The lowest BCUT2D eigenvalue weighted by atomic mass is 10.0. The fourth-order valence-electron chi connectivity index (χ4n) is 1.33. The standard InChI is InChI=1S/C11H23NO4S/c1-9(2)6-8-17(15,16)12-11(3,4)7-5-10(13)14/h9,12H,5-8H2,1-4H3,(H,13,14). The SMILES string of the molecule is CC(C)CCS(=O)(=O)NC(C)(C)CCC(=O)O. The van der Waals surface area contributed by atoms with Crippen LogP contribution in [-0.4, -0.2) is 30.8 Å². The van der Waals surface area contributed by atoms with Crippen molar-refractivity contribution in [3.63, 3.8) is 0 Å². The lowest BCUT2D eigenvalue weighted by Gasteiger charge is -2.25. The molecule has 0 heterocycles. The van der Waals surface area contributed by atoms with Crippen LogP contribution in [0.25, 0.3) is 0 Å². The molecule has 0 bridgehead atoms. The normalized spacial score (nSPS) is 13.0. The molecule has 0 atom stereocenters. The number of hydrogen-bond acceptors (Lipinski definition) is 3. The van der Waals surface area contributed by atoms with Gasteiger partial charge in [0.25, 0.3) is 0 Å². The van der Waals surface area contributed by atoms with Gasteiger partial charge in [0.2, 0.25) is 10.0 Å². The van der Waals surface area contributed by atoms with Crippen LogP contribution in [0.2, 0.25) is 0 Å². The van der Waals surface area contributed by atoms with Crippen molar-refractivity contribution in [2.45, 2.75) is 52.5 Å². The first kappa shape index (κ1) is 16.4. The average Bonchev–Trinajstić information content (AvgIpc) is 2.10. The molecule has 0 amide bonds. The number of carbonyl (C=O) groups is 1. The van der Waals surface area contributed by atoms with Crippen LogP contribution < -0.4 is 4.72 Å². The predicted molar refractivity (Wildman–Crippen MR) is 67.3 cm³/mol. The van der Waals surface area contributed by atoms with Crippen molar-refractivity contribution in [2.24, 2.45) is 5.92 Å². The van der Waals surface area contributed by atoms with E-state index >= 15 is 0 Å². The Morgan fingerprint density at radius 1 is 1.35 bits per heavy atom. The van der Waals surface area contributed by atoms with E-state index in [1.54, 1.807) is 13.8 Å². The Morgan fingerprint density at radius 3 is 2.29 bits per heavy atom. The van der Waals surface area contributed by atoms with Gasteiger partial charge in [-0.3, -0.25) is 4.79 Å². The number of carboxylic acid groups (broad SMARTS) is 1. The summed E-state index contributed by atoms with van der Waals surface area (Å²) in [6.45, 7) is 7.32. The third-order valence-electron chi connectivity index (χ3n) is 2.36. The third-order valence-corrected chi connectivity index (χ3v) is 4.00. The van der Waals surface area contributed by atoms with E-state index in [0.717, 1.165) is 0 Å². The van der Waals surface area contributed by atoms with Crippen LogP contribution in [-0.2, 0) is 14.8 Å². The van der Waals surface area contributed by atoms with Gasteiger partial charge in [-0.05, 0) is 32.6 Å². The molecule has 0 rings (SSSR count). The Hall–Kier alpha value is -0.620. The molecule has 0 saturated carbocycles. The Morgan fingerprint density at radius 2 is 1.88 bits per heavy atom. The van der Waals surface area contributed by atoms with Crippen molar-refractivity contribution >= 4 is 16.0 Å². The topological polar surface area (TPSA) is 83.5 Å². The molecule has 0 fully saturated rings. The molecule has 0 aliphatic carbocycles. The molecule has 0 radical (unpaired) electrons. The summed E-state index contributed by atoms with van der Waals surface area (Å²) in [7, 11) is -3.33. The molecule has 0 aromatic heterocycles. The predicted octanol–water partition coefficient (Wildman–Crippen LogP) is 1.60. The van der Waals surface area contributed by atoms with Crippen LogP contribution in [0.15, 0.2) is 0 Å². The van der Waals surface area contributed by atoms with Crippen molar-refractivity contribution in [1.29, 1.82) is 0 Å². The second-order valence-corrected chi connectivity index (χ2v) is 7.22. The summed E-state index contributed by atoms with van der Waals surface area (Å²) in [5, 5.41) is 8.57. The first-order valence-electron chi connectivity index (χ1n) is 5.77. The molecular weight excluding hydrogens is 242 g/mol. The first-order valence-corrected chi connectivity index (χ1v) is 7.43. The number of hydrogen-bond donors (Lipinski definition) is 2. The zero-order chi connectivity index (χ0) is 13.7. The van der Waals surface area contributed by atoms with Gasteiger partial charge in [0.15, 0.2) is 0 Å². The van der Waals surface area contributed by atoms with Crippen LogP contribution in [0, 0.1) is 5.92 Å². The molecular formula is C11H23NO4S. The third kappa shape index (κ3) is 9.12. The highest BCUT2D eigenvalue weighted by Crippen LogP contribution is 2.14. The maximum Gasteiger partial charge on any atom is 0.303 e. The molecule has 0 spiro atoms. The zero-order valence-corrected chi connectivity index (χ0v) is 11.8. The van der Waals surface area contributed by atoms with Gasteiger partial charge in [0.1, 0.15) is 0 Å². The molecule has 0 unspecified atom stereocenters. The van der Waals surface area contributed by atoms with Gasteiger partial charge in [0.05, 0.1) is 5.75 Å². The fraction of sp³-hybridized carbons (Fsp3) is 0.909. The summed E-state index contributed by atoms with van der Waals surface area (Å²) in [4.78, 5) is 10.4. The zero-order valence-electron chi connectivity index (χ0n) is 11.0. The largest absolute Gasteiger partial charge is 0.481 e. The van der Waals surface area contributed by atoms with E-state index in [1.807, 2.05) is 13.8 Å². The summed E-state index contributed by atoms with van der Waals surface area (Å²) < 4.78 is 26.0. The van der Waals surface area contributed by atoms with Crippen molar-refractivity contribution in [3.8, 4) is 0 Å². The molecule has 0 saturated heterocycles. The van der Waals surface area contributed by atoms with Gasteiger partial charge < -0.3 is 5.11 Å². The maximum absolute atomic E-state index is 11.7. The number of nitrogens with one attached hydrogen (secondary N) is 1. The van der Waals surface area contributed by atoms with Crippen molar-refractivity contribution in [3.05, 3.63) is 0 Å². The lowest BCUT2D eigenvalue weighted by molar-refractivity contribution is -0.137. The second kappa shape index (κ2) is 6.35. The summed E-state index contributed by atoms with van der Waals surface area (Å²) in [5.41, 5.74) is -0.714. The van der Waals surface area contributed by atoms with Crippen molar-refractivity contribution in [1.82, 2.24) is 4.72 Å². The van der Waals surface area contributed by atoms with Crippen molar-refractivity contribution < 1.29 is 18.3 Å². The summed E-state index contributed by atoms with van der Waals surface area (Å²) in [6, 6.07) is 0. The smallest absolute Gasteiger partial charge is 0.303 e. The molecule has 2 N–H and O–H groups in total. The highest BCUT2D eigenvalue weighted by Gasteiger charge is 2.25. The van der Waals surface area contributed by atoms with Crippen molar-refractivity contribution in [2.75, 3.05) is 5.75 Å². The van der Waals surface area contributed by atoms with Gasteiger partial charge in [-0.1, -0.05) is 13.8 Å². The highest BCUT2D eigenvalue weighted by molar-refractivity contribution is 7.89. The van der Waals surface area contributed by atoms with Gasteiger partial charge >= 0.3 is 5.97 Å². The Balaban J connectivity index is 4.32. The van der Waals surface area contributed by atoms with Crippen LogP contribution in [0.3, 0.4) is 0 Å². The Kier molecular flexibility index (Phi) is 6.12. The molecule has 0 aromatic rings.